The normalized spacial score (nSPS) is 12.2. The van der Waals surface area contributed by atoms with Gasteiger partial charge in [-0.15, -0.1) is 0 Å². The lowest BCUT2D eigenvalue weighted by atomic mass is 10.0. The van der Waals surface area contributed by atoms with Gasteiger partial charge in [0.15, 0.2) is 12.2 Å². The quantitative estimate of drug-likeness (QED) is 0.0368. The fourth-order valence-corrected chi connectivity index (χ4v) is 8.75. The molecule has 382 valence electrons. The number of unbranched alkanes of at least 4 members (excludes halogenated alkanes) is 30. The number of carbonyl (C=O) groups is 2. The van der Waals surface area contributed by atoms with Crippen molar-refractivity contribution < 1.29 is 38.0 Å². The lowest BCUT2D eigenvalue weighted by Crippen LogP contribution is -2.30. The first-order valence-electron chi connectivity index (χ1n) is 27.2. The van der Waals surface area contributed by atoms with Crippen LogP contribution >= 0.6 is 11.6 Å². The molecule has 0 radical (unpaired) electrons. The highest BCUT2D eigenvalue weighted by molar-refractivity contribution is 6.33. The van der Waals surface area contributed by atoms with E-state index < -0.39 is 24.1 Å². The van der Waals surface area contributed by atoms with Gasteiger partial charge >= 0.3 is 11.9 Å². The van der Waals surface area contributed by atoms with Gasteiger partial charge in [-0.05, 0) is 12.8 Å². The Morgan fingerprint density at radius 3 is 1.16 bits per heavy atom. The highest BCUT2D eigenvalue weighted by Crippen LogP contribution is 2.40. The zero-order valence-corrected chi connectivity index (χ0v) is 43.4. The fourth-order valence-electron chi connectivity index (χ4n) is 8.50. The minimum atomic E-state index is -0.656. The molecule has 8 nitrogen and oxygen atoms in total. The molecule has 2 aromatic carbocycles. The molecule has 0 N–H and O–H groups in total. The Labute approximate surface area is 414 Å². The Kier molecular flexibility index (Phi) is 38.5. The molecule has 2 aromatic rings. The van der Waals surface area contributed by atoms with Crippen LogP contribution in [-0.4, -0.2) is 63.8 Å². The molecule has 0 heterocycles. The standard InChI is InChI=1S/C58H95ClO8/c1-5-9-11-13-15-17-19-21-23-25-27-29-31-33-35-39-43-62-46-50(66-56(60)7-3)48-64-55-45-54(59)58(53-42-38-37-41-52(53)55)65-49-51(67-57(61)8-4)47-63-44-40-36-34-32-30-28-26-24-22-20-18-16-14-12-10-6-2/h7-8,37-38,41-42,45,50-51H,3-6,9-36,39-40,43-44,46-49H2,1-2H3. The van der Waals surface area contributed by atoms with Crippen molar-refractivity contribution in [2.24, 2.45) is 0 Å². The topological polar surface area (TPSA) is 89.5 Å². The van der Waals surface area contributed by atoms with Crippen molar-refractivity contribution in [3.8, 4) is 11.5 Å². The molecule has 9 heteroatoms. The van der Waals surface area contributed by atoms with Crippen LogP contribution in [0.4, 0.5) is 0 Å². The number of carbonyl (C=O) groups excluding carboxylic acids is 2. The van der Waals surface area contributed by atoms with E-state index in [1.165, 1.54) is 180 Å². The Morgan fingerprint density at radius 2 is 0.806 bits per heavy atom. The number of hydrogen-bond acceptors (Lipinski definition) is 8. The smallest absolute Gasteiger partial charge is 0.330 e. The molecule has 2 unspecified atom stereocenters. The minimum Gasteiger partial charge on any atom is -0.489 e. The molecule has 0 aromatic heterocycles. The monoisotopic (exact) mass is 955 g/mol. The maximum Gasteiger partial charge on any atom is 0.330 e. The summed E-state index contributed by atoms with van der Waals surface area (Å²) in [7, 11) is 0. The second-order valence-electron chi connectivity index (χ2n) is 18.6. The fraction of sp³-hybridized carbons (Fsp3) is 0.724. The molecule has 0 saturated heterocycles. The van der Waals surface area contributed by atoms with Crippen LogP contribution in [0.25, 0.3) is 10.8 Å². The maximum atomic E-state index is 12.2. The predicted octanol–water partition coefficient (Wildman–Crippen LogP) is 17.0. The second-order valence-corrected chi connectivity index (χ2v) is 19.0. The van der Waals surface area contributed by atoms with E-state index in [-0.39, 0.29) is 26.4 Å². The zero-order valence-electron chi connectivity index (χ0n) is 42.6. The summed E-state index contributed by atoms with van der Waals surface area (Å²) >= 11 is 6.84. The molecular formula is C58H95ClO8. The molecule has 2 rings (SSSR count). The van der Waals surface area contributed by atoms with Gasteiger partial charge in [0.2, 0.25) is 0 Å². The highest BCUT2D eigenvalue weighted by atomic mass is 35.5. The van der Waals surface area contributed by atoms with Gasteiger partial charge in [0.25, 0.3) is 0 Å². The van der Waals surface area contributed by atoms with Crippen molar-refractivity contribution in [2.45, 2.75) is 232 Å². The molecule has 0 bridgehead atoms. The molecule has 0 aliphatic carbocycles. The first-order chi connectivity index (χ1) is 32.9. The number of halogens is 1. The van der Waals surface area contributed by atoms with Crippen LogP contribution in [0.15, 0.2) is 55.6 Å². The van der Waals surface area contributed by atoms with E-state index in [0.717, 1.165) is 48.6 Å². The van der Waals surface area contributed by atoms with Gasteiger partial charge in [-0.25, -0.2) is 9.59 Å². The van der Waals surface area contributed by atoms with Crippen LogP contribution in [-0.2, 0) is 28.5 Å². The number of esters is 2. The Bertz CT molecular complexity index is 1530. The van der Waals surface area contributed by atoms with Gasteiger partial charge in [-0.1, -0.05) is 255 Å². The van der Waals surface area contributed by atoms with E-state index in [9.17, 15) is 9.59 Å². The first-order valence-corrected chi connectivity index (χ1v) is 27.6. The molecule has 67 heavy (non-hydrogen) atoms. The Balaban J connectivity index is 1.72. The summed E-state index contributed by atoms with van der Waals surface area (Å²) in [5, 5.41) is 1.83. The maximum absolute atomic E-state index is 12.2. The van der Waals surface area contributed by atoms with E-state index in [2.05, 4.69) is 27.0 Å². The van der Waals surface area contributed by atoms with Crippen LogP contribution in [0.1, 0.15) is 219 Å². The molecule has 2 atom stereocenters. The number of rotatable bonds is 48. The summed E-state index contributed by atoms with van der Waals surface area (Å²) in [4.78, 5) is 24.5. The largest absolute Gasteiger partial charge is 0.489 e. The third-order valence-electron chi connectivity index (χ3n) is 12.5. The summed E-state index contributed by atoms with van der Waals surface area (Å²) in [6.07, 6.45) is 43.1. The van der Waals surface area contributed by atoms with E-state index in [0.29, 0.717) is 29.7 Å². The zero-order chi connectivity index (χ0) is 48.3. The van der Waals surface area contributed by atoms with E-state index in [1.54, 1.807) is 6.07 Å². The van der Waals surface area contributed by atoms with Gasteiger partial charge in [0, 0.05) is 42.2 Å². The van der Waals surface area contributed by atoms with Crippen LogP contribution in [0.2, 0.25) is 5.02 Å². The minimum absolute atomic E-state index is 0.0405. The van der Waals surface area contributed by atoms with E-state index >= 15 is 0 Å². The lowest BCUT2D eigenvalue weighted by Gasteiger charge is -2.21. The van der Waals surface area contributed by atoms with Gasteiger partial charge < -0.3 is 28.4 Å². The van der Waals surface area contributed by atoms with Crippen molar-refractivity contribution in [1.82, 2.24) is 0 Å². The van der Waals surface area contributed by atoms with Gasteiger partial charge in [-0.3, -0.25) is 0 Å². The van der Waals surface area contributed by atoms with Crippen LogP contribution < -0.4 is 9.47 Å². The SMILES string of the molecule is C=CC(=O)OC(COCCCCCCCCCCCCCCCCCC)COc1cc(Cl)c(OCC(COCCCCCCCCCCCCCCCCCC)OC(=O)C=C)c2ccccc12. The van der Waals surface area contributed by atoms with Gasteiger partial charge in [0.1, 0.15) is 24.7 Å². The average molecular weight is 956 g/mol. The molecule has 0 spiro atoms. The summed E-state index contributed by atoms with van der Waals surface area (Å²) < 4.78 is 35.7. The lowest BCUT2D eigenvalue weighted by molar-refractivity contribution is -0.148. The molecular weight excluding hydrogens is 860 g/mol. The second kappa shape index (κ2) is 43.0. The van der Waals surface area contributed by atoms with Crippen LogP contribution in [0.5, 0.6) is 11.5 Å². The van der Waals surface area contributed by atoms with Crippen LogP contribution in [0.3, 0.4) is 0 Å². The first kappa shape index (κ1) is 60.1. The summed E-state index contributed by atoms with van der Waals surface area (Å²) in [5.41, 5.74) is 0. The number of ether oxygens (including phenoxy) is 6. The molecule has 0 saturated carbocycles. The number of hydrogen-bond donors (Lipinski definition) is 0. The average Bonchev–Trinajstić information content (AvgIpc) is 3.34. The van der Waals surface area contributed by atoms with Crippen molar-refractivity contribution in [3.63, 3.8) is 0 Å². The number of fused-ring (bicyclic) bond motifs is 1. The predicted molar refractivity (Wildman–Crippen MR) is 281 cm³/mol. The Morgan fingerprint density at radius 1 is 0.478 bits per heavy atom. The van der Waals surface area contributed by atoms with E-state index in [4.69, 9.17) is 40.0 Å². The highest BCUT2D eigenvalue weighted by Gasteiger charge is 2.20. The van der Waals surface area contributed by atoms with Gasteiger partial charge in [-0.2, -0.15) is 0 Å². The Hall–Kier alpha value is -3.07. The molecule has 0 aliphatic heterocycles. The molecule has 0 aliphatic rings. The summed E-state index contributed by atoms with van der Waals surface area (Å²) in [6.45, 7) is 13.4. The summed E-state index contributed by atoms with van der Waals surface area (Å²) in [5.74, 6) is -0.118. The van der Waals surface area contributed by atoms with Crippen molar-refractivity contribution in [1.29, 1.82) is 0 Å². The third kappa shape index (κ3) is 31.6. The van der Waals surface area contributed by atoms with Crippen molar-refractivity contribution >= 4 is 34.3 Å². The van der Waals surface area contributed by atoms with Gasteiger partial charge in [0.05, 0.1) is 18.2 Å². The number of benzene rings is 2. The third-order valence-corrected chi connectivity index (χ3v) is 12.8. The van der Waals surface area contributed by atoms with E-state index in [1.807, 2.05) is 24.3 Å². The van der Waals surface area contributed by atoms with Crippen molar-refractivity contribution in [2.75, 3.05) is 39.6 Å². The molecule has 0 amide bonds. The van der Waals surface area contributed by atoms with Crippen molar-refractivity contribution in [3.05, 3.63) is 60.7 Å². The van der Waals surface area contributed by atoms with Crippen LogP contribution in [0, 0.1) is 0 Å². The molecule has 0 fully saturated rings. The summed E-state index contributed by atoms with van der Waals surface area (Å²) in [6, 6.07) is 9.32.